The van der Waals surface area contributed by atoms with Gasteiger partial charge in [0, 0.05) is 6.04 Å². The number of rotatable bonds is 3. The number of halogens is 4. The van der Waals surface area contributed by atoms with Gasteiger partial charge in [-0.2, -0.15) is 13.2 Å². The fourth-order valence-electron chi connectivity index (χ4n) is 2.08. The van der Waals surface area contributed by atoms with Crippen molar-refractivity contribution in [3.05, 3.63) is 29.8 Å². The second kappa shape index (κ2) is 4.88. The average Bonchev–Trinajstić information content (AvgIpc) is 2.67. The Bertz CT molecular complexity index is 658. The van der Waals surface area contributed by atoms with Gasteiger partial charge in [0.15, 0.2) is 5.82 Å². The van der Waals surface area contributed by atoms with Crippen LogP contribution in [0.15, 0.2) is 18.2 Å². The van der Waals surface area contributed by atoms with Gasteiger partial charge in [0.2, 0.25) is 5.78 Å². The first kappa shape index (κ1) is 14.5. The van der Waals surface area contributed by atoms with Gasteiger partial charge in [0.05, 0.1) is 11.9 Å². The number of aromatic nitrogens is 2. The van der Waals surface area contributed by atoms with E-state index < -0.39 is 24.2 Å². The van der Waals surface area contributed by atoms with Crippen molar-refractivity contribution in [2.45, 2.75) is 32.5 Å². The van der Waals surface area contributed by atoms with Crippen molar-refractivity contribution in [1.82, 2.24) is 9.55 Å². The van der Waals surface area contributed by atoms with Crippen LogP contribution >= 0.6 is 0 Å². The number of imidazole rings is 1. The number of nitrogens with zero attached hydrogens (tertiary/aromatic N) is 2. The molecule has 0 aliphatic rings. The summed E-state index contributed by atoms with van der Waals surface area (Å²) >= 11 is 0. The molecule has 0 aliphatic heterocycles. The van der Waals surface area contributed by atoms with E-state index in [0.29, 0.717) is 5.52 Å². The van der Waals surface area contributed by atoms with E-state index in [1.165, 1.54) is 16.7 Å². The number of alkyl halides is 3. The van der Waals surface area contributed by atoms with E-state index in [-0.39, 0.29) is 17.4 Å². The summed E-state index contributed by atoms with van der Waals surface area (Å²) in [6.45, 7) is 3.46. The molecule has 7 heteroatoms. The monoisotopic (exact) mass is 288 g/mol. The molecular weight excluding hydrogens is 276 g/mol. The second-order valence-electron chi connectivity index (χ2n) is 4.70. The molecule has 0 N–H and O–H groups in total. The van der Waals surface area contributed by atoms with E-state index in [0.717, 1.165) is 0 Å². The van der Waals surface area contributed by atoms with Crippen molar-refractivity contribution < 1.29 is 22.4 Å². The Balaban J connectivity index is 2.56. The van der Waals surface area contributed by atoms with E-state index >= 15 is 0 Å². The number of benzene rings is 1. The van der Waals surface area contributed by atoms with Gasteiger partial charge in [-0.3, -0.25) is 4.79 Å². The smallest absolute Gasteiger partial charge is 0.325 e. The zero-order valence-electron chi connectivity index (χ0n) is 10.8. The highest BCUT2D eigenvalue weighted by molar-refractivity contribution is 5.86. The number of hydrogen-bond acceptors (Lipinski definition) is 2. The van der Waals surface area contributed by atoms with Gasteiger partial charge in [0.1, 0.15) is 11.3 Å². The van der Waals surface area contributed by atoms with E-state index in [1.807, 2.05) is 0 Å². The third-order valence-electron chi connectivity index (χ3n) is 2.90. The van der Waals surface area contributed by atoms with Crippen molar-refractivity contribution in [2.24, 2.45) is 0 Å². The normalized spacial score (nSPS) is 12.3. The first-order chi connectivity index (χ1) is 9.21. The minimum atomic E-state index is -4.92. The van der Waals surface area contributed by atoms with Crippen LogP contribution in [-0.2, 0) is 11.2 Å². The number of carbonyl (C=O) groups is 1. The van der Waals surface area contributed by atoms with Crippen molar-refractivity contribution in [3.63, 3.8) is 0 Å². The summed E-state index contributed by atoms with van der Waals surface area (Å²) in [4.78, 5) is 15.0. The Kier molecular flexibility index (Phi) is 3.54. The van der Waals surface area contributed by atoms with Crippen LogP contribution in [0.5, 0.6) is 0 Å². The SMILES string of the molecule is CC(C)n1c(CC(=O)C(F)(F)F)nc2c(F)cccc21. The molecule has 2 aromatic rings. The quantitative estimate of drug-likeness (QED) is 0.811. The fraction of sp³-hybridized carbons (Fsp3) is 0.385. The highest BCUT2D eigenvalue weighted by atomic mass is 19.4. The molecule has 1 aromatic heterocycles. The minimum Gasteiger partial charge on any atom is -0.325 e. The van der Waals surface area contributed by atoms with Crippen LogP contribution in [0.2, 0.25) is 0 Å². The number of Topliss-reactive ketones (excluding diaryl/α,β-unsaturated/α-hetero) is 1. The maximum Gasteiger partial charge on any atom is 0.450 e. The van der Waals surface area contributed by atoms with E-state index in [1.54, 1.807) is 19.9 Å². The summed E-state index contributed by atoms with van der Waals surface area (Å²) in [6.07, 6.45) is -5.81. The van der Waals surface area contributed by atoms with Crippen molar-refractivity contribution >= 4 is 16.8 Å². The first-order valence-corrected chi connectivity index (χ1v) is 5.97. The van der Waals surface area contributed by atoms with Gasteiger partial charge < -0.3 is 4.57 Å². The van der Waals surface area contributed by atoms with Gasteiger partial charge in [0.25, 0.3) is 0 Å². The lowest BCUT2D eigenvalue weighted by Gasteiger charge is -2.13. The summed E-state index contributed by atoms with van der Waals surface area (Å²) in [5.74, 6) is -2.60. The molecule has 108 valence electrons. The Labute approximate surface area is 112 Å². The molecule has 0 spiro atoms. The summed E-state index contributed by atoms with van der Waals surface area (Å²) in [5, 5.41) is 0. The number of hydrogen-bond donors (Lipinski definition) is 0. The van der Waals surface area contributed by atoms with Crippen molar-refractivity contribution in [2.75, 3.05) is 0 Å². The molecule has 20 heavy (non-hydrogen) atoms. The standard InChI is InChI=1S/C13H12F4N2O/c1-7(2)19-9-5-3-4-8(14)12(9)18-11(19)6-10(20)13(15,16)17/h3-5,7H,6H2,1-2H3. The molecule has 0 bridgehead atoms. The lowest BCUT2D eigenvalue weighted by atomic mass is 10.2. The number of fused-ring (bicyclic) bond motifs is 1. The minimum absolute atomic E-state index is 0.0221. The summed E-state index contributed by atoms with van der Waals surface area (Å²) in [5.41, 5.74) is 0.358. The number of para-hydroxylation sites is 1. The third kappa shape index (κ3) is 2.52. The fourth-order valence-corrected chi connectivity index (χ4v) is 2.08. The van der Waals surface area contributed by atoms with Crippen LogP contribution < -0.4 is 0 Å². The summed E-state index contributed by atoms with van der Waals surface area (Å²) in [7, 11) is 0. The average molecular weight is 288 g/mol. The molecule has 3 nitrogen and oxygen atoms in total. The van der Waals surface area contributed by atoms with Crippen LogP contribution in [0.3, 0.4) is 0 Å². The molecule has 0 saturated heterocycles. The lowest BCUT2D eigenvalue weighted by Crippen LogP contribution is -2.26. The molecule has 0 radical (unpaired) electrons. The molecular formula is C13H12F4N2O. The molecule has 1 aromatic carbocycles. The second-order valence-corrected chi connectivity index (χ2v) is 4.70. The molecule has 2 rings (SSSR count). The zero-order chi connectivity index (χ0) is 15.1. The van der Waals surface area contributed by atoms with Crippen molar-refractivity contribution in [1.29, 1.82) is 0 Å². The summed E-state index contributed by atoms with van der Waals surface area (Å²) in [6, 6.07) is 3.95. The predicted octanol–water partition coefficient (Wildman–Crippen LogP) is 3.43. The molecule has 0 unspecified atom stereocenters. The highest BCUT2D eigenvalue weighted by Crippen LogP contribution is 2.25. The van der Waals surface area contributed by atoms with Gasteiger partial charge in [-0.25, -0.2) is 9.37 Å². The Hall–Kier alpha value is -1.92. The maximum absolute atomic E-state index is 13.6. The number of carbonyl (C=O) groups excluding carboxylic acids is 1. The van der Waals surface area contributed by atoms with Crippen LogP contribution in [0, 0.1) is 5.82 Å². The molecule has 0 aliphatic carbocycles. The van der Waals surface area contributed by atoms with E-state index in [9.17, 15) is 22.4 Å². The van der Waals surface area contributed by atoms with Gasteiger partial charge in [-0.1, -0.05) is 6.07 Å². The molecule has 0 amide bonds. The first-order valence-electron chi connectivity index (χ1n) is 5.97. The lowest BCUT2D eigenvalue weighted by molar-refractivity contribution is -0.170. The van der Waals surface area contributed by atoms with Gasteiger partial charge in [-0.05, 0) is 26.0 Å². The molecule has 0 fully saturated rings. The molecule has 1 heterocycles. The van der Waals surface area contributed by atoms with Gasteiger partial charge in [-0.15, -0.1) is 0 Å². The van der Waals surface area contributed by atoms with Crippen LogP contribution in [-0.4, -0.2) is 21.5 Å². The van der Waals surface area contributed by atoms with E-state index in [2.05, 4.69) is 4.98 Å². The van der Waals surface area contributed by atoms with Crippen LogP contribution in [0.1, 0.15) is 25.7 Å². The summed E-state index contributed by atoms with van der Waals surface area (Å²) < 4.78 is 52.1. The van der Waals surface area contributed by atoms with E-state index in [4.69, 9.17) is 0 Å². The Morgan fingerprint density at radius 1 is 1.35 bits per heavy atom. The van der Waals surface area contributed by atoms with Gasteiger partial charge >= 0.3 is 6.18 Å². The molecule has 0 saturated carbocycles. The topological polar surface area (TPSA) is 34.9 Å². The van der Waals surface area contributed by atoms with Crippen LogP contribution in [0.4, 0.5) is 17.6 Å². The van der Waals surface area contributed by atoms with Crippen LogP contribution in [0.25, 0.3) is 11.0 Å². The largest absolute Gasteiger partial charge is 0.450 e. The molecule has 0 atom stereocenters. The predicted molar refractivity (Wildman–Crippen MR) is 64.8 cm³/mol. The Morgan fingerprint density at radius 3 is 2.55 bits per heavy atom. The highest BCUT2D eigenvalue weighted by Gasteiger charge is 2.39. The van der Waals surface area contributed by atoms with Crippen molar-refractivity contribution in [3.8, 4) is 0 Å². The third-order valence-corrected chi connectivity index (χ3v) is 2.90. The number of ketones is 1. The Morgan fingerprint density at radius 2 is 2.00 bits per heavy atom. The maximum atomic E-state index is 13.6. The zero-order valence-corrected chi connectivity index (χ0v) is 10.8.